The molecule has 1 unspecified atom stereocenters. The average molecular weight is 286 g/mol. The van der Waals surface area contributed by atoms with Crippen LogP contribution in [0.5, 0.6) is 0 Å². The molecule has 1 aromatic carbocycles. The molecule has 0 radical (unpaired) electrons. The van der Waals surface area contributed by atoms with Crippen LogP contribution in [-0.4, -0.2) is 35.2 Å². The summed E-state index contributed by atoms with van der Waals surface area (Å²) in [7, 11) is 0. The quantitative estimate of drug-likeness (QED) is 0.921. The minimum absolute atomic E-state index is 0.322. The van der Waals surface area contributed by atoms with Gasteiger partial charge in [0.1, 0.15) is 5.82 Å². The van der Waals surface area contributed by atoms with Crippen LogP contribution in [0.3, 0.4) is 0 Å². The highest BCUT2D eigenvalue weighted by atomic mass is 35.5. The summed E-state index contributed by atoms with van der Waals surface area (Å²) in [6.45, 7) is 5.03. The molecule has 0 bridgehead atoms. The van der Waals surface area contributed by atoms with Gasteiger partial charge in [0.15, 0.2) is 0 Å². The van der Waals surface area contributed by atoms with Crippen molar-refractivity contribution in [3.63, 3.8) is 0 Å². The van der Waals surface area contributed by atoms with Gasteiger partial charge in [-0.1, -0.05) is 24.6 Å². The lowest BCUT2D eigenvalue weighted by Gasteiger charge is -2.27. The number of aliphatic hydroxyl groups is 1. The van der Waals surface area contributed by atoms with Crippen LogP contribution in [0.2, 0.25) is 5.02 Å². The highest BCUT2D eigenvalue weighted by molar-refractivity contribution is 6.30. The largest absolute Gasteiger partial charge is 0.389 e. The lowest BCUT2D eigenvalue weighted by Crippen LogP contribution is -2.33. The summed E-state index contributed by atoms with van der Waals surface area (Å²) in [5, 5.41) is 11.1. The van der Waals surface area contributed by atoms with Crippen LogP contribution >= 0.6 is 11.6 Å². The maximum atomic E-state index is 13.8. The first kappa shape index (κ1) is 14.8. The van der Waals surface area contributed by atoms with Crippen molar-refractivity contribution in [1.29, 1.82) is 0 Å². The molecule has 19 heavy (non-hydrogen) atoms. The minimum atomic E-state index is -0.793. The van der Waals surface area contributed by atoms with Gasteiger partial charge in [-0.2, -0.15) is 0 Å². The van der Waals surface area contributed by atoms with Gasteiger partial charge in [-0.3, -0.25) is 0 Å². The Morgan fingerprint density at radius 3 is 2.84 bits per heavy atom. The van der Waals surface area contributed by atoms with Crippen LogP contribution in [0.15, 0.2) is 18.2 Å². The molecule has 0 saturated carbocycles. The van der Waals surface area contributed by atoms with Crippen LogP contribution in [0.4, 0.5) is 4.39 Å². The molecule has 0 amide bonds. The lowest BCUT2D eigenvalue weighted by molar-refractivity contribution is 0.0251. The Kier molecular flexibility index (Phi) is 4.82. The number of nitrogens with zero attached hydrogens (tertiary/aromatic N) is 1. The van der Waals surface area contributed by atoms with Crippen molar-refractivity contribution in [2.75, 3.05) is 19.6 Å². The second kappa shape index (κ2) is 6.21. The molecule has 1 N–H and O–H groups in total. The summed E-state index contributed by atoms with van der Waals surface area (Å²) in [4.78, 5) is 2.33. The second-order valence-corrected chi connectivity index (χ2v) is 5.86. The second-order valence-electron chi connectivity index (χ2n) is 5.42. The number of halogens is 2. The third-order valence-corrected chi connectivity index (χ3v) is 4.23. The first-order valence-corrected chi connectivity index (χ1v) is 7.29. The van der Waals surface area contributed by atoms with E-state index >= 15 is 0 Å². The van der Waals surface area contributed by atoms with Gasteiger partial charge < -0.3 is 10.0 Å². The average Bonchev–Trinajstić information content (AvgIpc) is 2.55. The fourth-order valence-electron chi connectivity index (χ4n) is 2.75. The molecule has 106 valence electrons. The number of rotatable bonds is 3. The van der Waals surface area contributed by atoms with Crippen molar-refractivity contribution in [3.05, 3.63) is 34.6 Å². The Balaban J connectivity index is 2.08. The van der Waals surface area contributed by atoms with E-state index < -0.39 is 5.60 Å². The molecule has 1 heterocycles. The normalized spacial score (nSPS) is 25.3. The van der Waals surface area contributed by atoms with Crippen molar-refractivity contribution in [2.24, 2.45) is 0 Å². The van der Waals surface area contributed by atoms with Gasteiger partial charge in [0.2, 0.25) is 0 Å². The van der Waals surface area contributed by atoms with Gasteiger partial charge >= 0.3 is 0 Å². The molecule has 2 nitrogen and oxygen atoms in total. The number of hydrogen-bond acceptors (Lipinski definition) is 2. The molecule has 1 fully saturated rings. The molecule has 1 aliphatic heterocycles. The van der Waals surface area contributed by atoms with Crippen molar-refractivity contribution in [2.45, 2.75) is 38.2 Å². The summed E-state index contributed by atoms with van der Waals surface area (Å²) < 4.78 is 13.8. The Morgan fingerprint density at radius 2 is 2.16 bits per heavy atom. The van der Waals surface area contributed by atoms with E-state index in [0.29, 0.717) is 23.4 Å². The molecular formula is C15H21ClFNO. The van der Waals surface area contributed by atoms with E-state index in [4.69, 9.17) is 11.6 Å². The van der Waals surface area contributed by atoms with Gasteiger partial charge in [-0.15, -0.1) is 0 Å². The molecule has 1 atom stereocenters. The van der Waals surface area contributed by atoms with E-state index in [2.05, 4.69) is 11.8 Å². The summed E-state index contributed by atoms with van der Waals surface area (Å²) >= 11 is 5.75. The maximum absolute atomic E-state index is 13.8. The first-order chi connectivity index (χ1) is 9.02. The maximum Gasteiger partial charge on any atom is 0.127 e. The number of benzene rings is 1. The Hall–Kier alpha value is -0.640. The molecular weight excluding hydrogens is 265 g/mol. The van der Waals surface area contributed by atoms with E-state index in [-0.39, 0.29) is 5.82 Å². The molecule has 2 rings (SSSR count). The van der Waals surface area contributed by atoms with Gasteiger partial charge in [0.25, 0.3) is 0 Å². The predicted octanol–water partition coefficient (Wildman–Crippen LogP) is 3.26. The van der Waals surface area contributed by atoms with Crippen molar-refractivity contribution >= 4 is 11.6 Å². The Labute approximate surface area is 119 Å². The fraction of sp³-hybridized carbons (Fsp3) is 0.600. The molecule has 1 aliphatic rings. The highest BCUT2D eigenvalue weighted by Crippen LogP contribution is 2.28. The summed E-state index contributed by atoms with van der Waals surface area (Å²) in [6, 6.07) is 4.67. The summed E-state index contributed by atoms with van der Waals surface area (Å²) in [6.07, 6.45) is 2.75. The third-order valence-electron chi connectivity index (χ3n) is 3.99. The van der Waals surface area contributed by atoms with Crippen molar-refractivity contribution < 1.29 is 9.50 Å². The van der Waals surface area contributed by atoms with Crippen LogP contribution in [-0.2, 0) is 6.42 Å². The zero-order valence-corrected chi connectivity index (χ0v) is 12.1. The monoisotopic (exact) mass is 285 g/mol. The standard InChI is InChI=1S/C15H21ClFNO/c1-2-18-8-3-6-15(19,7-9-18)11-12-4-5-13(16)10-14(12)17/h4-5,10,19H,2-3,6-9,11H2,1H3. The zero-order chi connectivity index (χ0) is 13.9. The molecule has 1 saturated heterocycles. The van der Waals surface area contributed by atoms with Gasteiger partial charge in [-0.05, 0) is 50.0 Å². The predicted molar refractivity (Wildman–Crippen MR) is 76.0 cm³/mol. The molecule has 1 aromatic rings. The third kappa shape index (κ3) is 3.91. The van der Waals surface area contributed by atoms with E-state index in [1.165, 1.54) is 6.07 Å². The smallest absolute Gasteiger partial charge is 0.127 e. The van der Waals surface area contributed by atoms with E-state index in [1.807, 2.05) is 0 Å². The van der Waals surface area contributed by atoms with E-state index in [9.17, 15) is 9.50 Å². The molecule has 4 heteroatoms. The van der Waals surface area contributed by atoms with Gasteiger partial charge in [0, 0.05) is 18.0 Å². The molecule has 0 aromatic heterocycles. The van der Waals surface area contributed by atoms with Crippen LogP contribution in [0.25, 0.3) is 0 Å². The number of hydrogen-bond donors (Lipinski definition) is 1. The first-order valence-electron chi connectivity index (χ1n) is 6.91. The van der Waals surface area contributed by atoms with E-state index in [0.717, 1.165) is 32.5 Å². The molecule has 0 spiro atoms. The van der Waals surface area contributed by atoms with Crippen LogP contribution in [0, 0.1) is 5.82 Å². The topological polar surface area (TPSA) is 23.5 Å². The van der Waals surface area contributed by atoms with Crippen molar-refractivity contribution in [1.82, 2.24) is 4.90 Å². The Bertz CT molecular complexity index is 440. The van der Waals surface area contributed by atoms with Crippen LogP contribution in [0.1, 0.15) is 31.7 Å². The zero-order valence-electron chi connectivity index (χ0n) is 11.3. The van der Waals surface area contributed by atoms with Crippen molar-refractivity contribution in [3.8, 4) is 0 Å². The van der Waals surface area contributed by atoms with Gasteiger partial charge in [-0.25, -0.2) is 4.39 Å². The SMILES string of the molecule is CCN1CCCC(O)(Cc2ccc(Cl)cc2F)CC1. The Morgan fingerprint density at radius 1 is 1.37 bits per heavy atom. The highest BCUT2D eigenvalue weighted by Gasteiger charge is 2.30. The number of likely N-dealkylation sites (tertiary alicyclic amines) is 1. The minimum Gasteiger partial charge on any atom is -0.389 e. The van der Waals surface area contributed by atoms with E-state index in [1.54, 1.807) is 12.1 Å². The summed E-state index contributed by atoms with van der Waals surface area (Å²) in [5.74, 6) is -0.322. The van der Waals surface area contributed by atoms with Gasteiger partial charge in [0.05, 0.1) is 5.60 Å². The molecule has 0 aliphatic carbocycles. The summed E-state index contributed by atoms with van der Waals surface area (Å²) in [5.41, 5.74) is -0.240. The fourth-order valence-corrected chi connectivity index (χ4v) is 2.91. The lowest BCUT2D eigenvalue weighted by atomic mass is 9.87. The van der Waals surface area contributed by atoms with Crippen LogP contribution < -0.4 is 0 Å².